The third kappa shape index (κ3) is 5.30. The molecule has 164 valence electrons. The van der Waals surface area contributed by atoms with Gasteiger partial charge in [-0.2, -0.15) is 0 Å². The number of halogens is 2. The van der Waals surface area contributed by atoms with Gasteiger partial charge in [0.05, 0.1) is 11.6 Å². The van der Waals surface area contributed by atoms with Crippen molar-refractivity contribution in [1.82, 2.24) is 9.80 Å². The van der Waals surface area contributed by atoms with Crippen molar-refractivity contribution >= 4 is 51.6 Å². The van der Waals surface area contributed by atoms with Crippen molar-refractivity contribution in [2.24, 2.45) is 0 Å². The predicted molar refractivity (Wildman–Crippen MR) is 132 cm³/mol. The molecular weight excluding hydrogens is 527 g/mol. The van der Waals surface area contributed by atoms with E-state index in [0.29, 0.717) is 17.1 Å². The van der Waals surface area contributed by atoms with Crippen LogP contribution in [0.1, 0.15) is 37.4 Å². The van der Waals surface area contributed by atoms with E-state index in [4.69, 9.17) is 11.6 Å². The largest absolute Gasteiger partial charge is 0.507 e. The van der Waals surface area contributed by atoms with E-state index in [-0.39, 0.29) is 11.3 Å². The summed E-state index contributed by atoms with van der Waals surface area (Å²) in [6.07, 6.45) is 0.747. The molecule has 7 heteroatoms. The Morgan fingerprint density at radius 2 is 1.68 bits per heavy atom. The lowest BCUT2D eigenvalue weighted by Crippen LogP contribution is -2.33. The summed E-state index contributed by atoms with van der Waals surface area (Å²) in [6, 6.07) is 13.7. The molecule has 0 aromatic heterocycles. The maximum absolute atomic E-state index is 13.0. The van der Waals surface area contributed by atoms with Gasteiger partial charge >= 0.3 is 0 Å². The molecule has 1 N–H and O–H groups in total. The van der Waals surface area contributed by atoms with E-state index < -0.39 is 17.7 Å². The second-order valence-electron chi connectivity index (χ2n) is 7.43. The lowest BCUT2D eigenvalue weighted by atomic mass is 9.95. The van der Waals surface area contributed by atoms with Gasteiger partial charge in [0, 0.05) is 20.7 Å². The number of Topliss-reactive ketones (excluding diaryl/α,β-unsaturated/α-hetero) is 1. The zero-order valence-corrected chi connectivity index (χ0v) is 20.6. The number of carbonyl (C=O) groups excluding carboxylic acids is 2. The van der Waals surface area contributed by atoms with E-state index in [1.807, 2.05) is 24.3 Å². The molecule has 3 rings (SSSR count). The topological polar surface area (TPSA) is 60.9 Å². The van der Waals surface area contributed by atoms with E-state index in [0.717, 1.165) is 35.2 Å². The number of aliphatic hydroxyl groups excluding tert-OH is 1. The third-order valence-electron chi connectivity index (χ3n) is 5.61. The maximum atomic E-state index is 13.0. The van der Waals surface area contributed by atoms with Crippen molar-refractivity contribution in [3.63, 3.8) is 0 Å². The van der Waals surface area contributed by atoms with Gasteiger partial charge in [0.1, 0.15) is 5.76 Å². The molecule has 1 heterocycles. The van der Waals surface area contributed by atoms with Gasteiger partial charge in [-0.15, -0.1) is 0 Å². The smallest absolute Gasteiger partial charge is 0.295 e. The van der Waals surface area contributed by atoms with Crippen LogP contribution < -0.4 is 0 Å². The lowest BCUT2D eigenvalue weighted by Gasteiger charge is -2.26. The number of carbonyl (C=O) groups is 2. The summed E-state index contributed by atoms with van der Waals surface area (Å²) in [5, 5.41) is 11.6. The van der Waals surface area contributed by atoms with Crippen LogP contribution in [-0.2, 0) is 9.59 Å². The molecule has 1 amide bonds. The van der Waals surface area contributed by atoms with Crippen LogP contribution in [0, 0.1) is 3.57 Å². The Labute approximate surface area is 201 Å². The minimum atomic E-state index is -0.654. The Bertz CT molecular complexity index is 969. The van der Waals surface area contributed by atoms with Gasteiger partial charge in [0.15, 0.2) is 0 Å². The van der Waals surface area contributed by atoms with Crippen molar-refractivity contribution in [2.75, 3.05) is 26.2 Å². The molecule has 1 aliphatic rings. The standard InChI is InChI=1S/C24H26ClIN2O3/c1-3-27(4-2)14-5-15-28-21(16-8-12-19(26)13-9-16)20(23(30)24(28)31)22(29)17-6-10-18(25)11-7-17/h6-13,21,29H,3-5,14-15H2,1-2H3. The van der Waals surface area contributed by atoms with Crippen LogP contribution in [0.5, 0.6) is 0 Å². The van der Waals surface area contributed by atoms with E-state index in [9.17, 15) is 14.7 Å². The van der Waals surface area contributed by atoms with Crippen LogP contribution in [0.2, 0.25) is 5.02 Å². The van der Waals surface area contributed by atoms with E-state index in [1.165, 1.54) is 0 Å². The molecule has 1 aliphatic heterocycles. The van der Waals surface area contributed by atoms with Crippen molar-refractivity contribution in [1.29, 1.82) is 0 Å². The number of nitrogens with zero attached hydrogens (tertiary/aromatic N) is 2. The molecule has 0 spiro atoms. The Morgan fingerprint density at radius 1 is 1.06 bits per heavy atom. The first kappa shape index (κ1) is 23.8. The summed E-state index contributed by atoms with van der Waals surface area (Å²) in [6.45, 7) is 7.36. The SMILES string of the molecule is CCN(CC)CCCN1C(=O)C(=O)C(=C(O)c2ccc(Cl)cc2)C1c1ccc(I)cc1. The Hall–Kier alpha value is -1.90. The minimum Gasteiger partial charge on any atom is -0.507 e. The molecule has 0 aliphatic carbocycles. The number of likely N-dealkylation sites (tertiary alicyclic amines) is 1. The first-order valence-corrected chi connectivity index (χ1v) is 11.8. The average Bonchev–Trinajstić information content (AvgIpc) is 3.02. The molecule has 1 fully saturated rings. The number of hydrogen-bond donors (Lipinski definition) is 1. The van der Waals surface area contributed by atoms with Crippen LogP contribution >= 0.6 is 34.2 Å². The molecule has 2 aromatic rings. The molecule has 1 saturated heterocycles. The first-order valence-electron chi connectivity index (χ1n) is 10.4. The highest BCUT2D eigenvalue weighted by atomic mass is 127. The van der Waals surface area contributed by atoms with Crippen molar-refractivity contribution < 1.29 is 14.7 Å². The summed E-state index contributed by atoms with van der Waals surface area (Å²) in [5.74, 6) is -1.40. The van der Waals surface area contributed by atoms with Crippen LogP contribution in [-0.4, -0.2) is 52.8 Å². The van der Waals surface area contributed by atoms with Gasteiger partial charge in [0.2, 0.25) is 0 Å². The summed E-state index contributed by atoms with van der Waals surface area (Å²) in [7, 11) is 0. The summed E-state index contributed by atoms with van der Waals surface area (Å²) < 4.78 is 1.05. The Balaban J connectivity index is 2.01. The fourth-order valence-electron chi connectivity index (χ4n) is 3.87. The molecule has 31 heavy (non-hydrogen) atoms. The number of amides is 1. The highest BCUT2D eigenvalue weighted by molar-refractivity contribution is 14.1. The molecule has 2 aromatic carbocycles. The number of rotatable bonds is 8. The van der Waals surface area contributed by atoms with E-state index >= 15 is 0 Å². The predicted octanol–water partition coefficient (Wildman–Crippen LogP) is 5.10. The number of hydrogen-bond acceptors (Lipinski definition) is 4. The first-order chi connectivity index (χ1) is 14.9. The van der Waals surface area contributed by atoms with Gasteiger partial charge in [0.25, 0.3) is 11.7 Å². The van der Waals surface area contributed by atoms with Gasteiger partial charge in [-0.3, -0.25) is 9.59 Å². The highest BCUT2D eigenvalue weighted by Gasteiger charge is 2.45. The fourth-order valence-corrected chi connectivity index (χ4v) is 4.36. The summed E-state index contributed by atoms with van der Waals surface area (Å²) >= 11 is 8.18. The Morgan fingerprint density at radius 3 is 2.26 bits per heavy atom. The zero-order valence-electron chi connectivity index (χ0n) is 17.6. The highest BCUT2D eigenvalue weighted by Crippen LogP contribution is 2.39. The Kier molecular flexibility index (Phi) is 8.13. The minimum absolute atomic E-state index is 0.122. The molecule has 0 saturated carbocycles. The van der Waals surface area contributed by atoms with E-state index in [1.54, 1.807) is 29.2 Å². The van der Waals surface area contributed by atoms with Crippen molar-refractivity contribution in [3.8, 4) is 0 Å². The molecule has 1 atom stereocenters. The van der Waals surface area contributed by atoms with Crippen molar-refractivity contribution in [3.05, 3.63) is 73.8 Å². The number of benzene rings is 2. The monoisotopic (exact) mass is 552 g/mol. The van der Waals surface area contributed by atoms with E-state index in [2.05, 4.69) is 41.3 Å². The summed E-state index contributed by atoms with van der Waals surface area (Å²) in [4.78, 5) is 29.9. The van der Waals surface area contributed by atoms with Gasteiger partial charge < -0.3 is 14.9 Å². The molecule has 5 nitrogen and oxygen atoms in total. The summed E-state index contributed by atoms with van der Waals surface area (Å²) in [5.41, 5.74) is 1.38. The molecule has 0 bridgehead atoms. The van der Waals surface area contributed by atoms with Gasteiger partial charge in [-0.05, 0) is 90.6 Å². The second kappa shape index (κ2) is 10.6. The second-order valence-corrected chi connectivity index (χ2v) is 9.11. The lowest BCUT2D eigenvalue weighted by molar-refractivity contribution is -0.140. The van der Waals surface area contributed by atoms with Gasteiger partial charge in [-0.1, -0.05) is 37.6 Å². The average molecular weight is 553 g/mol. The fraction of sp³-hybridized carbons (Fsp3) is 0.333. The molecule has 0 radical (unpaired) electrons. The quantitative estimate of drug-likeness (QED) is 0.214. The van der Waals surface area contributed by atoms with Crippen molar-refractivity contribution in [2.45, 2.75) is 26.3 Å². The van der Waals surface area contributed by atoms with Crippen LogP contribution in [0.15, 0.2) is 54.1 Å². The van der Waals surface area contributed by atoms with Gasteiger partial charge in [-0.25, -0.2) is 0 Å². The maximum Gasteiger partial charge on any atom is 0.295 e. The molecular formula is C24H26ClIN2O3. The molecule has 1 unspecified atom stereocenters. The van der Waals surface area contributed by atoms with Crippen LogP contribution in [0.4, 0.5) is 0 Å². The third-order valence-corrected chi connectivity index (χ3v) is 6.58. The van der Waals surface area contributed by atoms with Crippen LogP contribution in [0.25, 0.3) is 5.76 Å². The number of ketones is 1. The zero-order chi connectivity index (χ0) is 22.5. The number of aliphatic hydroxyl groups is 1. The van der Waals surface area contributed by atoms with Crippen LogP contribution in [0.3, 0.4) is 0 Å². The normalized spacial score (nSPS) is 18.2.